The van der Waals surface area contributed by atoms with Crippen LogP contribution >= 0.6 is 0 Å². The lowest BCUT2D eigenvalue weighted by molar-refractivity contribution is -0.0352. The Morgan fingerprint density at radius 1 is 1.10 bits per heavy atom. The quantitative estimate of drug-likeness (QED) is 0.255. The number of halogens is 4. The van der Waals surface area contributed by atoms with Crippen LogP contribution in [0.15, 0.2) is 48.5 Å². The summed E-state index contributed by atoms with van der Waals surface area (Å²) in [6, 6.07) is 10.3. The standard InChI is InChI=1S/C30H28F4N4O4/c1-15-9-17-10-18(11-21(42-4)25(17)38-37-15)27(39)35-14-29(41,22-13-30(22,33)34)23-12-20(28(2,3)40)24(32)26(36-23)16-5-7-19(31)8-6-16/h5-12,22,40-41H,13-14H2,1-4H3,(H,35,39)/t22-,29?/m1/s1. The number of methoxy groups -OCH3 is 1. The molecule has 4 aromatic rings. The van der Waals surface area contributed by atoms with Gasteiger partial charge in [0.05, 0.1) is 36.6 Å². The van der Waals surface area contributed by atoms with Crippen LogP contribution in [0.25, 0.3) is 22.2 Å². The molecule has 2 aromatic carbocycles. The fraction of sp³-hybridized carbons (Fsp3) is 0.333. The monoisotopic (exact) mass is 584 g/mol. The normalized spacial score (nSPS) is 17.5. The number of aryl methyl sites for hydroxylation is 1. The number of fused-ring (bicyclic) bond motifs is 1. The van der Waals surface area contributed by atoms with E-state index in [9.17, 15) is 28.2 Å². The summed E-state index contributed by atoms with van der Waals surface area (Å²) in [4.78, 5) is 17.5. The third-order valence-electron chi connectivity index (χ3n) is 7.36. The maximum atomic E-state index is 15.6. The van der Waals surface area contributed by atoms with Gasteiger partial charge in [-0.1, -0.05) is 0 Å². The van der Waals surface area contributed by atoms with E-state index < -0.39 is 53.5 Å². The molecule has 1 fully saturated rings. The molecule has 3 N–H and O–H groups in total. The molecule has 42 heavy (non-hydrogen) atoms. The predicted octanol–water partition coefficient (Wildman–Crippen LogP) is 4.79. The molecule has 1 saturated carbocycles. The number of hydrogen-bond donors (Lipinski definition) is 3. The highest BCUT2D eigenvalue weighted by Crippen LogP contribution is 2.57. The summed E-state index contributed by atoms with van der Waals surface area (Å²) >= 11 is 0. The Morgan fingerprint density at radius 3 is 2.36 bits per heavy atom. The van der Waals surface area contributed by atoms with Crippen molar-refractivity contribution in [1.29, 1.82) is 0 Å². The first-order valence-corrected chi connectivity index (χ1v) is 13.0. The molecule has 12 heteroatoms. The number of pyridine rings is 1. The maximum absolute atomic E-state index is 15.6. The Kier molecular flexibility index (Phi) is 7.18. The number of ether oxygens (including phenoxy) is 1. The smallest absolute Gasteiger partial charge is 0.254 e. The van der Waals surface area contributed by atoms with Crippen LogP contribution < -0.4 is 10.1 Å². The number of aromatic nitrogens is 3. The topological polar surface area (TPSA) is 117 Å². The second-order valence-electron chi connectivity index (χ2n) is 11.0. The Morgan fingerprint density at radius 2 is 1.76 bits per heavy atom. The van der Waals surface area contributed by atoms with Gasteiger partial charge < -0.3 is 20.3 Å². The van der Waals surface area contributed by atoms with Crippen molar-refractivity contribution >= 4 is 16.8 Å². The van der Waals surface area contributed by atoms with Crippen LogP contribution in [0.5, 0.6) is 5.75 Å². The fourth-order valence-corrected chi connectivity index (χ4v) is 4.95. The van der Waals surface area contributed by atoms with Gasteiger partial charge in [-0.2, -0.15) is 5.10 Å². The lowest BCUT2D eigenvalue weighted by atomic mass is 9.87. The number of nitrogens with zero attached hydrogens (tertiary/aromatic N) is 3. The summed E-state index contributed by atoms with van der Waals surface area (Å²) < 4.78 is 63.6. The number of hydrogen-bond acceptors (Lipinski definition) is 7. The first-order valence-electron chi connectivity index (χ1n) is 13.0. The van der Waals surface area contributed by atoms with Crippen LogP contribution in [0.4, 0.5) is 17.6 Å². The second-order valence-corrected chi connectivity index (χ2v) is 11.0. The molecule has 8 nitrogen and oxygen atoms in total. The van der Waals surface area contributed by atoms with E-state index in [1.807, 2.05) is 0 Å². The average molecular weight is 585 g/mol. The zero-order chi connectivity index (χ0) is 30.6. The Hall–Kier alpha value is -4.16. The predicted molar refractivity (Wildman–Crippen MR) is 145 cm³/mol. The van der Waals surface area contributed by atoms with E-state index in [-0.39, 0.29) is 33.8 Å². The lowest BCUT2D eigenvalue weighted by Crippen LogP contribution is -2.45. The summed E-state index contributed by atoms with van der Waals surface area (Å²) in [5, 5.41) is 33.6. The van der Waals surface area contributed by atoms with Crippen molar-refractivity contribution in [3.63, 3.8) is 0 Å². The highest BCUT2D eigenvalue weighted by molar-refractivity contribution is 5.99. The number of amides is 1. The number of benzene rings is 2. The van der Waals surface area contributed by atoms with E-state index >= 15 is 4.39 Å². The molecule has 2 atom stereocenters. The van der Waals surface area contributed by atoms with Gasteiger partial charge in [-0.25, -0.2) is 22.5 Å². The van der Waals surface area contributed by atoms with Gasteiger partial charge in [0, 0.05) is 28.5 Å². The molecule has 1 unspecified atom stereocenters. The van der Waals surface area contributed by atoms with E-state index in [1.165, 1.54) is 45.2 Å². The van der Waals surface area contributed by atoms with Gasteiger partial charge in [-0.05, 0) is 69.3 Å². The largest absolute Gasteiger partial charge is 0.494 e. The Labute approximate surface area is 238 Å². The minimum absolute atomic E-state index is 0.0943. The number of carbonyl (C=O) groups is 1. The first kappa shape index (κ1) is 29.3. The number of nitrogens with one attached hydrogen (secondary N) is 1. The molecule has 220 valence electrons. The van der Waals surface area contributed by atoms with E-state index in [4.69, 9.17) is 4.74 Å². The van der Waals surface area contributed by atoms with Crippen molar-refractivity contribution in [2.24, 2.45) is 5.92 Å². The van der Waals surface area contributed by atoms with E-state index in [0.717, 1.165) is 18.2 Å². The van der Waals surface area contributed by atoms with Crippen molar-refractivity contribution < 1.29 is 37.3 Å². The van der Waals surface area contributed by atoms with Crippen molar-refractivity contribution in [2.75, 3.05) is 13.7 Å². The lowest BCUT2D eigenvalue weighted by Gasteiger charge is -2.31. The maximum Gasteiger partial charge on any atom is 0.254 e. The van der Waals surface area contributed by atoms with Gasteiger partial charge in [-0.3, -0.25) is 4.79 Å². The number of aliphatic hydroxyl groups is 2. The van der Waals surface area contributed by atoms with Gasteiger partial charge in [-0.15, -0.1) is 5.10 Å². The molecule has 0 radical (unpaired) electrons. The van der Waals surface area contributed by atoms with E-state index in [0.29, 0.717) is 16.6 Å². The number of carbonyl (C=O) groups excluding carboxylic acids is 1. The molecule has 0 aliphatic heterocycles. The molecule has 1 aliphatic rings. The van der Waals surface area contributed by atoms with Crippen LogP contribution in [0, 0.1) is 24.5 Å². The van der Waals surface area contributed by atoms with Gasteiger partial charge in [0.25, 0.3) is 11.8 Å². The number of rotatable bonds is 8. The third-order valence-corrected chi connectivity index (χ3v) is 7.36. The summed E-state index contributed by atoms with van der Waals surface area (Å²) in [7, 11) is 1.39. The molecule has 1 amide bonds. The molecular weight excluding hydrogens is 556 g/mol. The molecule has 0 spiro atoms. The van der Waals surface area contributed by atoms with Crippen LogP contribution in [0.3, 0.4) is 0 Å². The minimum atomic E-state index is -3.29. The number of alkyl halides is 2. The van der Waals surface area contributed by atoms with Gasteiger partial charge >= 0.3 is 0 Å². The van der Waals surface area contributed by atoms with Crippen LogP contribution in [0.2, 0.25) is 0 Å². The van der Waals surface area contributed by atoms with Crippen molar-refractivity contribution in [3.8, 4) is 17.0 Å². The molecule has 2 aromatic heterocycles. The Bertz CT molecular complexity index is 1690. The SMILES string of the molecule is COc1cc(C(=O)NCC(O)(c2cc(C(C)(C)O)c(F)c(-c3ccc(F)cc3)n2)[C@H]2CC2(F)F)cc2cc(C)nnc12. The Balaban J connectivity index is 1.57. The van der Waals surface area contributed by atoms with Gasteiger partial charge in [0.15, 0.2) is 5.82 Å². The second kappa shape index (κ2) is 10.3. The van der Waals surface area contributed by atoms with Crippen LogP contribution in [-0.2, 0) is 11.2 Å². The van der Waals surface area contributed by atoms with Crippen molar-refractivity contribution in [1.82, 2.24) is 20.5 Å². The van der Waals surface area contributed by atoms with Crippen LogP contribution in [0.1, 0.15) is 47.6 Å². The first-order chi connectivity index (χ1) is 19.6. The highest BCUT2D eigenvalue weighted by atomic mass is 19.3. The summed E-state index contributed by atoms with van der Waals surface area (Å²) in [6.45, 7) is 3.58. The molecular formula is C30H28F4N4O4. The summed E-state index contributed by atoms with van der Waals surface area (Å²) in [5.41, 5.74) is -4.16. The van der Waals surface area contributed by atoms with Gasteiger partial charge in [0.1, 0.15) is 28.4 Å². The zero-order valence-electron chi connectivity index (χ0n) is 23.2. The van der Waals surface area contributed by atoms with Crippen LogP contribution in [-0.4, -0.2) is 50.9 Å². The summed E-state index contributed by atoms with van der Waals surface area (Å²) in [5.74, 6) is -6.97. The summed E-state index contributed by atoms with van der Waals surface area (Å²) in [6.07, 6.45) is -0.704. The average Bonchev–Trinajstić information content (AvgIpc) is 3.59. The third kappa shape index (κ3) is 5.39. The van der Waals surface area contributed by atoms with Gasteiger partial charge in [0.2, 0.25) is 0 Å². The highest BCUT2D eigenvalue weighted by Gasteiger charge is 2.67. The van der Waals surface area contributed by atoms with Crippen molar-refractivity contribution in [2.45, 2.75) is 44.3 Å². The molecule has 0 saturated heterocycles. The minimum Gasteiger partial charge on any atom is -0.494 e. The van der Waals surface area contributed by atoms with E-state index in [2.05, 4.69) is 20.5 Å². The molecule has 0 bridgehead atoms. The molecule has 2 heterocycles. The van der Waals surface area contributed by atoms with E-state index in [1.54, 1.807) is 13.0 Å². The zero-order valence-corrected chi connectivity index (χ0v) is 23.2. The fourth-order valence-electron chi connectivity index (χ4n) is 4.95. The van der Waals surface area contributed by atoms with Crippen molar-refractivity contribution in [3.05, 3.63) is 82.7 Å². The molecule has 5 rings (SSSR count). The molecule has 1 aliphatic carbocycles.